The second-order valence-corrected chi connectivity index (χ2v) is 5.72. The summed E-state index contributed by atoms with van der Waals surface area (Å²) in [5.74, 6) is 1.93. The number of rotatable bonds is 6. The van der Waals surface area contributed by atoms with E-state index in [0.717, 1.165) is 41.8 Å². The van der Waals surface area contributed by atoms with Crippen molar-refractivity contribution in [3.8, 4) is 11.5 Å². The van der Waals surface area contributed by atoms with Gasteiger partial charge in [-0.3, -0.25) is 0 Å². The van der Waals surface area contributed by atoms with Crippen LogP contribution in [0.25, 0.3) is 0 Å². The van der Waals surface area contributed by atoms with Crippen molar-refractivity contribution in [2.24, 2.45) is 5.92 Å². The van der Waals surface area contributed by atoms with E-state index in [1.54, 1.807) is 0 Å². The monoisotopic (exact) mass is 344 g/mol. The minimum Gasteiger partial charge on any atom is -0.490 e. The van der Waals surface area contributed by atoms with E-state index in [1.165, 1.54) is 0 Å². The average Bonchev–Trinajstić information content (AvgIpc) is 2.47. The van der Waals surface area contributed by atoms with Gasteiger partial charge in [0.25, 0.3) is 0 Å². The van der Waals surface area contributed by atoms with Crippen LogP contribution in [-0.4, -0.2) is 31.5 Å². The first-order valence-corrected chi connectivity index (χ1v) is 7.80. The molecule has 4 nitrogen and oxygen atoms in total. The highest BCUT2D eigenvalue weighted by Gasteiger charge is 2.17. The predicted octanol–water partition coefficient (Wildman–Crippen LogP) is 3.15. The van der Waals surface area contributed by atoms with Crippen LogP contribution < -0.4 is 9.47 Å². The van der Waals surface area contributed by atoms with E-state index in [2.05, 4.69) is 15.9 Å². The van der Waals surface area contributed by atoms with Crippen molar-refractivity contribution in [3.63, 3.8) is 0 Å². The first-order chi connectivity index (χ1) is 9.74. The number of aliphatic hydroxyl groups excluding tert-OH is 1. The lowest BCUT2D eigenvalue weighted by molar-refractivity contribution is 0.0491. The molecule has 1 heterocycles. The summed E-state index contributed by atoms with van der Waals surface area (Å²) in [5, 5.41) is 9.25. The molecule has 0 saturated carbocycles. The zero-order chi connectivity index (χ0) is 14.4. The molecule has 0 aliphatic carbocycles. The maximum absolute atomic E-state index is 9.25. The molecule has 0 radical (unpaired) electrons. The van der Waals surface area contributed by atoms with Crippen LogP contribution in [0.5, 0.6) is 11.5 Å². The Bertz CT molecular complexity index is 430. The number of halogens is 1. The maximum atomic E-state index is 9.25. The Morgan fingerprint density at radius 1 is 1.30 bits per heavy atom. The Labute approximate surface area is 128 Å². The van der Waals surface area contributed by atoms with Gasteiger partial charge < -0.3 is 19.3 Å². The largest absolute Gasteiger partial charge is 0.490 e. The molecule has 0 unspecified atom stereocenters. The topological polar surface area (TPSA) is 47.9 Å². The van der Waals surface area contributed by atoms with Gasteiger partial charge in [0.1, 0.15) is 0 Å². The van der Waals surface area contributed by atoms with Crippen LogP contribution in [-0.2, 0) is 11.3 Å². The molecular formula is C15H21BrO4. The molecule has 1 aromatic rings. The lowest BCUT2D eigenvalue weighted by Gasteiger charge is -2.23. The molecular weight excluding hydrogens is 324 g/mol. The Hall–Kier alpha value is -0.780. The Morgan fingerprint density at radius 3 is 2.70 bits per heavy atom. The van der Waals surface area contributed by atoms with Gasteiger partial charge in [0, 0.05) is 13.2 Å². The first-order valence-electron chi connectivity index (χ1n) is 7.01. The number of ether oxygens (including phenoxy) is 3. The van der Waals surface area contributed by atoms with Crippen molar-refractivity contribution >= 4 is 15.9 Å². The molecule has 2 rings (SSSR count). The standard InChI is InChI=1S/C15H21BrO4/c1-2-19-14-8-12(9-17)7-13(16)15(14)20-10-11-3-5-18-6-4-11/h7-8,11,17H,2-6,9-10H2,1H3. The summed E-state index contributed by atoms with van der Waals surface area (Å²) >= 11 is 3.49. The maximum Gasteiger partial charge on any atom is 0.175 e. The van der Waals surface area contributed by atoms with Gasteiger partial charge in [0.2, 0.25) is 0 Å². The van der Waals surface area contributed by atoms with Gasteiger partial charge in [0.15, 0.2) is 11.5 Å². The van der Waals surface area contributed by atoms with Gasteiger partial charge >= 0.3 is 0 Å². The summed E-state index contributed by atoms with van der Waals surface area (Å²) in [6.45, 7) is 4.78. The number of benzene rings is 1. The van der Waals surface area contributed by atoms with E-state index >= 15 is 0 Å². The molecule has 0 bridgehead atoms. The smallest absolute Gasteiger partial charge is 0.175 e. The summed E-state index contributed by atoms with van der Waals surface area (Å²) in [6.07, 6.45) is 2.08. The second-order valence-electron chi connectivity index (χ2n) is 4.86. The third-order valence-corrected chi connectivity index (χ3v) is 3.95. The molecule has 1 aliphatic rings. The van der Waals surface area contributed by atoms with Gasteiger partial charge in [-0.2, -0.15) is 0 Å². The van der Waals surface area contributed by atoms with Crippen molar-refractivity contribution < 1.29 is 19.3 Å². The van der Waals surface area contributed by atoms with Crippen molar-refractivity contribution in [3.05, 3.63) is 22.2 Å². The quantitative estimate of drug-likeness (QED) is 0.861. The van der Waals surface area contributed by atoms with E-state index < -0.39 is 0 Å². The van der Waals surface area contributed by atoms with Crippen molar-refractivity contribution in [2.45, 2.75) is 26.4 Å². The lowest BCUT2D eigenvalue weighted by Crippen LogP contribution is -2.21. The highest BCUT2D eigenvalue weighted by Crippen LogP contribution is 2.37. The number of hydrogen-bond donors (Lipinski definition) is 1. The van der Waals surface area contributed by atoms with Gasteiger partial charge in [-0.05, 0) is 59.3 Å². The molecule has 1 saturated heterocycles. The van der Waals surface area contributed by atoms with E-state index in [4.69, 9.17) is 14.2 Å². The van der Waals surface area contributed by atoms with Crippen molar-refractivity contribution in [1.82, 2.24) is 0 Å². The summed E-state index contributed by atoms with van der Waals surface area (Å²) in [4.78, 5) is 0. The molecule has 1 aliphatic heterocycles. The van der Waals surface area contributed by atoms with Crippen LogP contribution in [0.1, 0.15) is 25.3 Å². The first kappa shape index (κ1) is 15.6. The van der Waals surface area contributed by atoms with Gasteiger partial charge in [-0.25, -0.2) is 0 Å². The summed E-state index contributed by atoms with van der Waals surface area (Å²) in [5.41, 5.74) is 0.804. The zero-order valence-electron chi connectivity index (χ0n) is 11.7. The highest BCUT2D eigenvalue weighted by molar-refractivity contribution is 9.10. The number of aliphatic hydroxyl groups is 1. The van der Waals surface area contributed by atoms with Crippen LogP contribution in [0, 0.1) is 5.92 Å². The fraction of sp³-hybridized carbons (Fsp3) is 0.600. The fourth-order valence-electron chi connectivity index (χ4n) is 2.23. The normalized spacial score (nSPS) is 16.1. The van der Waals surface area contributed by atoms with Crippen LogP contribution in [0.15, 0.2) is 16.6 Å². The Kier molecular flexibility index (Phi) is 6.13. The zero-order valence-corrected chi connectivity index (χ0v) is 13.3. The minimum absolute atomic E-state index is 0.0150. The fourth-order valence-corrected chi connectivity index (χ4v) is 2.83. The molecule has 0 amide bonds. The summed E-state index contributed by atoms with van der Waals surface area (Å²) in [7, 11) is 0. The van der Waals surface area contributed by atoms with Crippen LogP contribution in [0.4, 0.5) is 0 Å². The minimum atomic E-state index is -0.0150. The SMILES string of the molecule is CCOc1cc(CO)cc(Br)c1OCC1CCOCC1. The molecule has 112 valence electrons. The van der Waals surface area contributed by atoms with Gasteiger partial charge in [-0.1, -0.05) is 0 Å². The lowest BCUT2D eigenvalue weighted by atomic mass is 10.0. The van der Waals surface area contributed by atoms with E-state index in [0.29, 0.717) is 24.9 Å². The molecule has 0 aromatic heterocycles. The third-order valence-electron chi connectivity index (χ3n) is 3.36. The molecule has 1 fully saturated rings. The van der Waals surface area contributed by atoms with Gasteiger partial charge in [0.05, 0.1) is 24.3 Å². The van der Waals surface area contributed by atoms with Gasteiger partial charge in [-0.15, -0.1) is 0 Å². The van der Waals surface area contributed by atoms with E-state index in [-0.39, 0.29) is 6.61 Å². The third kappa shape index (κ3) is 4.11. The van der Waals surface area contributed by atoms with E-state index in [1.807, 2.05) is 19.1 Å². The number of hydrogen-bond acceptors (Lipinski definition) is 4. The van der Waals surface area contributed by atoms with Crippen molar-refractivity contribution in [2.75, 3.05) is 26.4 Å². The predicted molar refractivity (Wildman–Crippen MR) is 80.3 cm³/mol. The molecule has 1 N–H and O–H groups in total. The summed E-state index contributed by atoms with van der Waals surface area (Å²) in [6, 6.07) is 3.69. The van der Waals surface area contributed by atoms with Crippen LogP contribution in [0.3, 0.4) is 0 Å². The Balaban J connectivity index is 2.08. The van der Waals surface area contributed by atoms with E-state index in [9.17, 15) is 5.11 Å². The second kappa shape index (κ2) is 7.86. The highest BCUT2D eigenvalue weighted by atomic mass is 79.9. The molecule has 0 atom stereocenters. The van der Waals surface area contributed by atoms with Crippen LogP contribution >= 0.6 is 15.9 Å². The van der Waals surface area contributed by atoms with Crippen LogP contribution in [0.2, 0.25) is 0 Å². The molecule has 5 heteroatoms. The molecule has 20 heavy (non-hydrogen) atoms. The Morgan fingerprint density at radius 2 is 2.05 bits per heavy atom. The van der Waals surface area contributed by atoms with Crippen molar-refractivity contribution in [1.29, 1.82) is 0 Å². The molecule has 0 spiro atoms. The summed E-state index contributed by atoms with van der Waals surface area (Å²) < 4.78 is 17.7. The average molecular weight is 345 g/mol. The molecule has 1 aromatic carbocycles.